The Hall–Kier alpha value is -2.97. The fourth-order valence-electron chi connectivity index (χ4n) is 7.42. The van der Waals surface area contributed by atoms with Crippen LogP contribution in [0.25, 0.3) is 0 Å². The molecule has 0 saturated carbocycles. The number of benzene rings is 1. The van der Waals surface area contributed by atoms with Crippen LogP contribution in [0.1, 0.15) is 51.7 Å². The van der Waals surface area contributed by atoms with E-state index in [1.54, 1.807) is 17.1 Å². The van der Waals surface area contributed by atoms with Crippen LogP contribution in [0.4, 0.5) is 5.69 Å². The van der Waals surface area contributed by atoms with E-state index in [4.69, 9.17) is 9.47 Å². The lowest BCUT2D eigenvalue weighted by atomic mass is 9.62. The Morgan fingerprint density at radius 2 is 1.90 bits per heavy atom. The smallest absolute Gasteiger partial charge is 0.312 e. The molecule has 1 aromatic rings. The molecule has 1 spiro atoms. The number of aliphatic hydroxyl groups excluding tert-OH is 1. The van der Waals surface area contributed by atoms with Crippen LogP contribution in [-0.4, -0.2) is 70.8 Å². The number of rotatable bonds is 11. The van der Waals surface area contributed by atoms with Crippen molar-refractivity contribution in [3.63, 3.8) is 0 Å². The van der Waals surface area contributed by atoms with Gasteiger partial charge in [-0.2, -0.15) is 0 Å². The first kappa shape index (κ1) is 30.0. The second-order valence-electron chi connectivity index (χ2n) is 12.2. The number of carbonyl (C=O) groups excluding carboxylic acids is 3. The molecule has 0 aromatic heterocycles. The van der Waals surface area contributed by atoms with Crippen molar-refractivity contribution in [1.29, 1.82) is 0 Å². The van der Waals surface area contributed by atoms with Gasteiger partial charge in [0.15, 0.2) is 0 Å². The summed E-state index contributed by atoms with van der Waals surface area (Å²) in [5, 5.41) is 10.5. The summed E-state index contributed by atoms with van der Waals surface area (Å²) in [5.74, 6) is -3.15. The fourth-order valence-corrected chi connectivity index (χ4v) is 7.42. The molecular formula is C32H44N2O6. The fraction of sp³-hybridized carbons (Fsp3) is 0.594. The third-order valence-electron chi connectivity index (χ3n) is 9.41. The van der Waals surface area contributed by atoms with Crippen LogP contribution in [0.2, 0.25) is 0 Å². The van der Waals surface area contributed by atoms with Crippen molar-refractivity contribution in [1.82, 2.24) is 4.90 Å². The van der Waals surface area contributed by atoms with E-state index in [1.807, 2.05) is 59.7 Å². The zero-order valence-electron chi connectivity index (χ0n) is 24.7. The normalized spacial score (nSPS) is 31.3. The highest BCUT2D eigenvalue weighted by Gasteiger charge is 2.81. The molecule has 3 unspecified atom stereocenters. The van der Waals surface area contributed by atoms with E-state index in [-0.39, 0.29) is 43.4 Å². The number of ether oxygens (including phenoxy) is 2. The Morgan fingerprint density at radius 1 is 1.25 bits per heavy atom. The molecule has 0 aliphatic carbocycles. The van der Waals surface area contributed by atoms with Crippen molar-refractivity contribution in [3.8, 4) is 0 Å². The van der Waals surface area contributed by atoms with E-state index in [1.165, 1.54) is 4.90 Å². The zero-order valence-corrected chi connectivity index (χ0v) is 24.7. The number of hydrogen-bond acceptors (Lipinski definition) is 6. The monoisotopic (exact) mass is 552 g/mol. The van der Waals surface area contributed by atoms with Crippen LogP contribution >= 0.6 is 0 Å². The summed E-state index contributed by atoms with van der Waals surface area (Å²) >= 11 is 0. The molecule has 218 valence electrons. The number of aliphatic hydroxyl groups is 1. The standard InChI is InChI=1S/C32H44N2O6/c1-9-11-16-39-30(38)25-24-28(36)34(23(18-35)19(3)4)27(32(24)17-22(7)31(25,8)40-32)29(37)33(15-10-2)26-20(5)13-12-14-21(26)6/h9-10,12-14,19,22-25,27,35H,1-2,11,15-18H2,3-8H3/t22?,23-,24-,25-,27?,31+,32?/m0/s1. The molecule has 8 heteroatoms. The van der Waals surface area contributed by atoms with Gasteiger partial charge in [-0.25, -0.2) is 0 Å². The number of nitrogens with zero attached hydrogens (tertiary/aromatic N) is 2. The number of amides is 2. The lowest BCUT2D eigenvalue weighted by Gasteiger charge is -2.41. The van der Waals surface area contributed by atoms with Gasteiger partial charge < -0.3 is 24.4 Å². The molecule has 7 atom stereocenters. The van der Waals surface area contributed by atoms with Gasteiger partial charge in [0.25, 0.3) is 5.91 Å². The molecule has 3 saturated heterocycles. The first-order chi connectivity index (χ1) is 18.9. The summed E-state index contributed by atoms with van der Waals surface area (Å²) in [6.07, 6.45) is 4.27. The van der Waals surface area contributed by atoms with E-state index < -0.39 is 41.1 Å². The minimum absolute atomic E-state index is 0.108. The highest BCUT2D eigenvalue weighted by molar-refractivity contribution is 6.05. The van der Waals surface area contributed by atoms with E-state index >= 15 is 0 Å². The van der Waals surface area contributed by atoms with Gasteiger partial charge in [0.1, 0.15) is 17.6 Å². The third-order valence-corrected chi connectivity index (χ3v) is 9.41. The second kappa shape index (κ2) is 11.1. The zero-order chi connectivity index (χ0) is 29.6. The quantitative estimate of drug-likeness (QED) is 0.254. The average Bonchev–Trinajstić information content (AvgIpc) is 3.40. The van der Waals surface area contributed by atoms with E-state index in [0.717, 1.165) is 16.8 Å². The van der Waals surface area contributed by atoms with Gasteiger partial charge in [0.05, 0.1) is 30.8 Å². The van der Waals surface area contributed by atoms with Gasteiger partial charge in [0.2, 0.25) is 5.91 Å². The Balaban J connectivity index is 1.89. The number of aryl methyl sites for hydroxylation is 2. The summed E-state index contributed by atoms with van der Waals surface area (Å²) in [6, 6.07) is 4.18. The van der Waals surface area contributed by atoms with Crippen LogP contribution < -0.4 is 4.90 Å². The van der Waals surface area contributed by atoms with Crippen LogP contribution in [0, 0.1) is 37.5 Å². The van der Waals surface area contributed by atoms with Crippen LogP contribution in [0.15, 0.2) is 43.5 Å². The maximum Gasteiger partial charge on any atom is 0.312 e. The summed E-state index contributed by atoms with van der Waals surface area (Å²) < 4.78 is 12.4. The summed E-state index contributed by atoms with van der Waals surface area (Å²) in [5.41, 5.74) is 0.400. The van der Waals surface area contributed by atoms with Crippen molar-refractivity contribution in [2.24, 2.45) is 23.7 Å². The molecule has 1 N–H and O–H groups in total. The molecule has 3 heterocycles. The Kier molecular flexibility index (Phi) is 8.35. The predicted molar refractivity (Wildman–Crippen MR) is 154 cm³/mol. The lowest BCUT2D eigenvalue weighted by Crippen LogP contribution is -2.60. The van der Waals surface area contributed by atoms with Crippen molar-refractivity contribution in [3.05, 3.63) is 54.6 Å². The number of hydrogen-bond donors (Lipinski definition) is 1. The summed E-state index contributed by atoms with van der Waals surface area (Å²) in [4.78, 5) is 46.1. The van der Waals surface area contributed by atoms with E-state index in [9.17, 15) is 19.5 Å². The average molecular weight is 553 g/mol. The highest BCUT2D eigenvalue weighted by atomic mass is 16.6. The van der Waals surface area contributed by atoms with Crippen LogP contribution in [-0.2, 0) is 23.9 Å². The molecule has 8 nitrogen and oxygen atoms in total. The number of anilines is 1. The van der Waals surface area contributed by atoms with Gasteiger partial charge in [0, 0.05) is 12.2 Å². The Morgan fingerprint density at radius 3 is 2.45 bits per heavy atom. The van der Waals surface area contributed by atoms with E-state index in [2.05, 4.69) is 13.2 Å². The van der Waals surface area contributed by atoms with Gasteiger partial charge in [-0.1, -0.05) is 51.1 Å². The predicted octanol–water partition coefficient (Wildman–Crippen LogP) is 3.97. The third kappa shape index (κ3) is 4.40. The molecule has 3 fully saturated rings. The molecule has 4 rings (SSSR count). The number of esters is 1. The van der Waals surface area contributed by atoms with Crippen molar-refractivity contribution in [2.75, 3.05) is 24.7 Å². The number of likely N-dealkylation sites (tertiary alicyclic amines) is 1. The molecule has 1 aromatic carbocycles. The maximum absolute atomic E-state index is 14.9. The van der Waals surface area contributed by atoms with Crippen molar-refractivity contribution in [2.45, 2.75) is 77.7 Å². The molecule has 3 aliphatic heterocycles. The van der Waals surface area contributed by atoms with Gasteiger partial charge in [-0.3, -0.25) is 14.4 Å². The van der Waals surface area contributed by atoms with Crippen molar-refractivity contribution >= 4 is 23.5 Å². The number of para-hydroxylation sites is 1. The van der Waals surface area contributed by atoms with Crippen LogP contribution in [0.5, 0.6) is 0 Å². The SMILES string of the molecule is C=CCCOC(=O)[C@@H]1[C@H]2C(=O)N([C@@H](CO)C(C)C)C(C(=O)N(CC=C)c3c(C)cccc3C)C23CC(C)[C@@]1(C)O3. The van der Waals surface area contributed by atoms with Gasteiger partial charge >= 0.3 is 5.97 Å². The topological polar surface area (TPSA) is 96.4 Å². The van der Waals surface area contributed by atoms with Gasteiger partial charge in [-0.05, 0) is 56.6 Å². The molecule has 2 bridgehead atoms. The largest absolute Gasteiger partial charge is 0.465 e. The first-order valence-electron chi connectivity index (χ1n) is 14.3. The van der Waals surface area contributed by atoms with Crippen molar-refractivity contribution < 1.29 is 29.0 Å². The summed E-state index contributed by atoms with van der Waals surface area (Å²) in [6.45, 7) is 19.3. The lowest BCUT2D eigenvalue weighted by molar-refractivity contribution is -0.162. The molecule has 40 heavy (non-hydrogen) atoms. The number of carbonyl (C=O) groups is 3. The Labute approximate surface area is 238 Å². The molecule has 3 aliphatic rings. The highest BCUT2D eigenvalue weighted by Crippen LogP contribution is 2.66. The molecule has 0 radical (unpaired) electrons. The Bertz CT molecular complexity index is 1180. The number of fused-ring (bicyclic) bond motifs is 1. The van der Waals surface area contributed by atoms with Gasteiger partial charge in [-0.15, -0.1) is 13.2 Å². The minimum Gasteiger partial charge on any atom is -0.465 e. The van der Waals surface area contributed by atoms with E-state index in [0.29, 0.717) is 12.8 Å². The molecular weight excluding hydrogens is 508 g/mol. The minimum atomic E-state index is -1.23. The second-order valence-corrected chi connectivity index (χ2v) is 12.2. The van der Waals surface area contributed by atoms with Crippen LogP contribution in [0.3, 0.4) is 0 Å². The first-order valence-corrected chi connectivity index (χ1v) is 14.3. The summed E-state index contributed by atoms with van der Waals surface area (Å²) in [7, 11) is 0. The maximum atomic E-state index is 14.9. The molecule has 2 amide bonds.